The molecule has 0 saturated heterocycles. The van der Waals surface area contributed by atoms with Gasteiger partial charge in [0.25, 0.3) is 0 Å². The van der Waals surface area contributed by atoms with Gasteiger partial charge in [0.1, 0.15) is 6.61 Å². The summed E-state index contributed by atoms with van der Waals surface area (Å²) < 4.78 is 6.29. The summed E-state index contributed by atoms with van der Waals surface area (Å²) in [4.78, 5) is 16.4. The quantitative estimate of drug-likeness (QED) is 0.664. The number of hydrogen-bond donors (Lipinski definition) is 0. The Hall–Kier alpha value is -2.20. The number of pyridine rings is 1. The minimum atomic E-state index is -0.340. The number of aromatic nitrogens is 1. The van der Waals surface area contributed by atoms with E-state index in [9.17, 15) is 4.79 Å². The van der Waals surface area contributed by atoms with Gasteiger partial charge in [-0.3, -0.25) is 0 Å². The van der Waals surface area contributed by atoms with Crippen molar-refractivity contribution in [2.24, 2.45) is 0 Å². The highest BCUT2D eigenvalue weighted by molar-refractivity contribution is 9.10. The molecule has 0 fully saturated rings. The summed E-state index contributed by atoms with van der Waals surface area (Å²) in [6.07, 6.45) is 0. The topological polar surface area (TPSA) is 39.2 Å². The molecule has 0 amide bonds. The number of ether oxygens (including phenoxy) is 1. The van der Waals surface area contributed by atoms with Crippen molar-refractivity contribution in [2.75, 3.05) is 0 Å². The second kappa shape index (κ2) is 6.06. The largest absolute Gasteiger partial charge is 0.456 e. The van der Waals surface area contributed by atoms with Crippen molar-refractivity contribution in [1.29, 1.82) is 0 Å². The van der Waals surface area contributed by atoms with E-state index in [0.717, 1.165) is 21.1 Å². The predicted octanol–water partition coefficient (Wildman–Crippen LogP) is 4.35. The van der Waals surface area contributed by atoms with E-state index >= 15 is 0 Å². The van der Waals surface area contributed by atoms with Crippen LogP contribution in [0.15, 0.2) is 65.1 Å². The zero-order valence-electron chi connectivity index (χ0n) is 11.1. The van der Waals surface area contributed by atoms with Crippen LogP contribution in [0.1, 0.15) is 16.1 Å². The third kappa shape index (κ3) is 3.28. The van der Waals surface area contributed by atoms with Gasteiger partial charge in [-0.15, -0.1) is 0 Å². The number of esters is 1. The van der Waals surface area contributed by atoms with Crippen LogP contribution >= 0.6 is 15.9 Å². The van der Waals surface area contributed by atoms with Gasteiger partial charge < -0.3 is 4.74 Å². The van der Waals surface area contributed by atoms with Crippen LogP contribution in [0.4, 0.5) is 0 Å². The number of benzene rings is 2. The molecule has 0 aliphatic heterocycles. The second-order valence-corrected chi connectivity index (χ2v) is 5.50. The number of hydrogen-bond acceptors (Lipinski definition) is 3. The van der Waals surface area contributed by atoms with E-state index in [-0.39, 0.29) is 12.6 Å². The number of rotatable bonds is 3. The van der Waals surface area contributed by atoms with Gasteiger partial charge >= 0.3 is 5.97 Å². The molecule has 1 aromatic heterocycles. The molecule has 0 aliphatic rings. The molecule has 3 nitrogen and oxygen atoms in total. The first-order valence-corrected chi connectivity index (χ1v) is 7.29. The number of halogens is 1. The Bertz CT molecular complexity index is 787. The number of carbonyl (C=O) groups excluding carboxylic acids is 1. The Kier molecular flexibility index (Phi) is 3.97. The highest BCUT2D eigenvalue weighted by Gasteiger charge is 2.07. The Morgan fingerprint density at radius 1 is 1.05 bits per heavy atom. The Balaban J connectivity index is 1.73. The maximum absolute atomic E-state index is 11.9. The fraction of sp³-hybridized carbons (Fsp3) is 0.0588. The fourth-order valence-corrected chi connectivity index (χ4v) is 2.39. The minimum Gasteiger partial charge on any atom is -0.456 e. The molecule has 1 heterocycles. The molecule has 0 saturated carbocycles. The normalized spacial score (nSPS) is 10.5. The molecule has 4 heteroatoms. The summed E-state index contributed by atoms with van der Waals surface area (Å²) >= 11 is 3.43. The zero-order valence-corrected chi connectivity index (χ0v) is 12.7. The minimum absolute atomic E-state index is 0.166. The predicted molar refractivity (Wildman–Crippen MR) is 85.0 cm³/mol. The van der Waals surface area contributed by atoms with Gasteiger partial charge in [-0.1, -0.05) is 40.2 Å². The summed E-state index contributed by atoms with van der Waals surface area (Å²) in [6.45, 7) is 0.166. The maximum atomic E-state index is 11.9. The van der Waals surface area contributed by atoms with Crippen LogP contribution in [0.3, 0.4) is 0 Å². The van der Waals surface area contributed by atoms with Gasteiger partial charge in [0.2, 0.25) is 0 Å². The van der Waals surface area contributed by atoms with E-state index in [1.807, 2.05) is 48.5 Å². The van der Waals surface area contributed by atoms with Crippen LogP contribution in [0, 0.1) is 0 Å². The summed E-state index contributed by atoms with van der Waals surface area (Å²) in [5.41, 5.74) is 2.16. The highest BCUT2D eigenvalue weighted by Crippen LogP contribution is 2.19. The molecule has 2 aromatic carbocycles. The molecular formula is C17H12BrNO2. The van der Waals surface area contributed by atoms with Gasteiger partial charge in [-0.2, -0.15) is 0 Å². The molecule has 0 aliphatic carbocycles. The molecule has 0 atom stereocenters. The first kappa shape index (κ1) is 13.8. The van der Waals surface area contributed by atoms with Crippen LogP contribution in [0.25, 0.3) is 10.9 Å². The van der Waals surface area contributed by atoms with Crippen LogP contribution in [-0.4, -0.2) is 11.0 Å². The van der Waals surface area contributed by atoms with Gasteiger partial charge in [0.05, 0.1) is 16.8 Å². The zero-order chi connectivity index (χ0) is 14.7. The molecule has 0 radical (unpaired) electrons. The number of carbonyl (C=O) groups is 1. The van der Waals surface area contributed by atoms with E-state index < -0.39 is 0 Å². The lowest BCUT2D eigenvalue weighted by molar-refractivity contribution is 0.0468. The van der Waals surface area contributed by atoms with Crippen molar-refractivity contribution in [1.82, 2.24) is 4.98 Å². The lowest BCUT2D eigenvalue weighted by Crippen LogP contribution is -2.05. The fourth-order valence-electron chi connectivity index (χ4n) is 2.02. The van der Waals surface area contributed by atoms with Crippen LogP contribution < -0.4 is 0 Å². The Morgan fingerprint density at radius 3 is 2.67 bits per heavy atom. The molecule has 3 aromatic rings. The van der Waals surface area contributed by atoms with Crippen LogP contribution in [-0.2, 0) is 11.3 Å². The SMILES string of the molecule is O=C(OCc1ccc2cc(Br)ccc2n1)c1ccccc1. The van der Waals surface area contributed by atoms with Crippen molar-refractivity contribution >= 4 is 32.8 Å². The van der Waals surface area contributed by atoms with E-state index in [2.05, 4.69) is 20.9 Å². The van der Waals surface area contributed by atoms with E-state index in [4.69, 9.17) is 4.74 Å². The van der Waals surface area contributed by atoms with E-state index in [0.29, 0.717) is 5.56 Å². The lowest BCUT2D eigenvalue weighted by atomic mass is 10.2. The summed E-state index contributed by atoms with van der Waals surface area (Å²) in [6, 6.07) is 18.7. The first-order valence-electron chi connectivity index (χ1n) is 6.50. The molecule has 0 unspecified atom stereocenters. The van der Waals surface area contributed by atoms with Crippen molar-refractivity contribution < 1.29 is 9.53 Å². The lowest BCUT2D eigenvalue weighted by Gasteiger charge is -2.06. The van der Waals surface area contributed by atoms with Crippen molar-refractivity contribution in [3.63, 3.8) is 0 Å². The molecule has 0 spiro atoms. The van der Waals surface area contributed by atoms with Gasteiger partial charge in [0.15, 0.2) is 0 Å². The van der Waals surface area contributed by atoms with Crippen molar-refractivity contribution in [3.8, 4) is 0 Å². The van der Waals surface area contributed by atoms with Crippen LogP contribution in [0.5, 0.6) is 0 Å². The standard InChI is InChI=1S/C17H12BrNO2/c18-14-7-9-16-13(10-14)6-8-15(19-16)11-21-17(20)12-4-2-1-3-5-12/h1-10H,11H2. The van der Waals surface area contributed by atoms with Crippen LogP contribution in [0.2, 0.25) is 0 Å². The summed E-state index contributed by atoms with van der Waals surface area (Å²) in [5.74, 6) is -0.340. The van der Waals surface area contributed by atoms with Crippen molar-refractivity contribution in [2.45, 2.75) is 6.61 Å². The Morgan fingerprint density at radius 2 is 1.86 bits per heavy atom. The van der Waals surface area contributed by atoms with Gasteiger partial charge in [0, 0.05) is 9.86 Å². The smallest absolute Gasteiger partial charge is 0.338 e. The molecule has 0 bridgehead atoms. The molecule has 0 N–H and O–H groups in total. The summed E-state index contributed by atoms with van der Waals surface area (Å²) in [7, 11) is 0. The molecular weight excluding hydrogens is 330 g/mol. The Labute approximate surface area is 130 Å². The van der Waals surface area contributed by atoms with Gasteiger partial charge in [-0.05, 0) is 36.4 Å². The highest BCUT2D eigenvalue weighted by atomic mass is 79.9. The van der Waals surface area contributed by atoms with E-state index in [1.54, 1.807) is 12.1 Å². The molecule has 3 rings (SSSR count). The van der Waals surface area contributed by atoms with E-state index in [1.165, 1.54) is 0 Å². The number of nitrogens with zero attached hydrogens (tertiary/aromatic N) is 1. The molecule has 104 valence electrons. The third-order valence-electron chi connectivity index (χ3n) is 3.07. The van der Waals surface area contributed by atoms with Crippen molar-refractivity contribution in [3.05, 3.63) is 76.4 Å². The summed E-state index contributed by atoms with van der Waals surface area (Å²) in [5, 5.41) is 1.04. The number of fused-ring (bicyclic) bond motifs is 1. The third-order valence-corrected chi connectivity index (χ3v) is 3.56. The van der Waals surface area contributed by atoms with Gasteiger partial charge in [-0.25, -0.2) is 9.78 Å². The monoisotopic (exact) mass is 341 g/mol. The average Bonchev–Trinajstić information content (AvgIpc) is 2.53. The maximum Gasteiger partial charge on any atom is 0.338 e. The molecule has 21 heavy (non-hydrogen) atoms. The average molecular weight is 342 g/mol. The first-order chi connectivity index (χ1) is 10.2. The second-order valence-electron chi connectivity index (χ2n) is 4.58.